The van der Waals surface area contributed by atoms with Crippen molar-refractivity contribution in [1.82, 2.24) is 10.3 Å². The smallest absolute Gasteiger partial charge is 0.232 e. The molecule has 0 radical (unpaired) electrons. The molecule has 1 amide bonds. The average Bonchev–Trinajstić information content (AvgIpc) is 2.93. The van der Waals surface area contributed by atoms with Crippen LogP contribution in [0.3, 0.4) is 0 Å². The van der Waals surface area contributed by atoms with E-state index in [2.05, 4.69) is 10.3 Å². The number of oxazole rings is 1. The van der Waals surface area contributed by atoms with Crippen molar-refractivity contribution in [1.29, 1.82) is 0 Å². The predicted octanol–water partition coefficient (Wildman–Crippen LogP) is 2.43. The number of benzene rings is 1. The summed E-state index contributed by atoms with van der Waals surface area (Å²) in [6.45, 7) is 4.35. The Kier molecular flexibility index (Phi) is 6.54. The SMILES string of the molecule is CCCNC(=O)C[S@](=O)Cc1nc(-c2ccc(OC)cc2)oc1C. The zero-order valence-electron chi connectivity index (χ0n) is 14.1. The Morgan fingerprint density at radius 2 is 2.04 bits per heavy atom. The van der Waals surface area contributed by atoms with Crippen molar-refractivity contribution in [3.05, 3.63) is 35.7 Å². The summed E-state index contributed by atoms with van der Waals surface area (Å²) in [6.07, 6.45) is 0.853. The number of ether oxygens (including phenoxy) is 1. The molecule has 0 saturated carbocycles. The first-order valence-electron chi connectivity index (χ1n) is 7.76. The molecule has 1 aromatic heterocycles. The molecular formula is C17H22N2O4S. The van der Waals surface area contributed by atoms with Crippen LogP contribution in [0.5, 0.6) is 5.75 Å². The van der Waals surface area contributed by atoms with E-state index in [1.54, 1.807) is 14.0 Å². The lowest BCUT2D eigenvalue weighted by Gasteiger charge is -2.02. The maximum atomic E-state index is 12.1. The number of hydrogen-bond acceptors (Lipinski definition) is 5. The van der Waals surface area contributed by atoms with Gasteiger partial charge in [0.15, 0.2) is 0 Å². The molecule has 1 atom stereocenters. The molecule has 1 aromatic carbocycles. The van der Waals surface area contributed by atoms with Gasteiger partial charge < -0.3 is 14.5 Å². The summed E-state index contributed by atoms with van der Waals surface area (Å²) in [4.78, 5) is 16.0. The number of carbonyl (C=O) groups excluding carboxylic acids is 1. The van der Waals surface area contributed by atoms with Gasteiger partial charge in [0.25, 0.3) is 0 Å². The molecule has 1 heterocycles. The quantitative estimate of drug-likeness (QED) is 0.791. The van der Waals surface area contributed by atoms with Gasteiger partial charge in [-0.1, -0.05) is 6.92 Å². The zero-order chi connectivity index (χ0) is 17.5. The van der Waals surface area contributed by atoms with Crippen LogP contribution in [-0.2, 0) is 21.3 Å². The largest absolute Gasteiger partial charge is 0.497 e. The number of methoxy groups -OCH3 is 1. The second-order valence-electron chi connectivity index (χ2n) is 5.33. The number of aromatic nitrogens is 1. The van der Waals surface area contributed by atoms with E-state index in [-0.39, 0.29) is 17.4 Å². The molecule has 0 unspecified atom stereocenters. The number of rotatable bonds is 8. The van der Waals surface area contributed by atoms with Gasteiger partial charge in [-0.25, -0.2) is 4.98 Å². The van der Waals surface area contributed by atoms with Crippen molar-refractivity contribution in [2.75, 3.05) is 19.4 Å². The second-order valence-corrected chi connectivity index (χ2v) is 6.79. The maximum absolute atomic E-state index is 12.1. The molecule has 0 aliphatic carbocycles. The molecule has 0 aliphatic rings. The summed E-state index contributed by atoms with van der Waals surface area (Å²) < 4.78 is 22.9. The number of amides is 1. The fourth-order valence-electron chi connectivity index (χ4n) is 2.08. The molecule has 2 rings (SSSR count). The van der Waals surface area contributed by atoms with Crippen molar-refractivity contribution in [2.45, 2.75) is 26.0 Å². The van der Waals surface area contributed by atoms with Gasteiger partial charge in [-0.3, -0.25) is 9.00 Å². The monoisotopic (exact) mass is 350 g/mol. The number of hydrogen-bond donors (Lipinski definition) is 1. The Hall–Kier alpha value is -2.15. The summed E-state index contributed by atoms with van der Waals surface area (Å²) in [5.41, 5.74) is 1.43. The van der Waals surface area contributed by atoms with Gasteiger partial charge in [0.2, 0.25) is 11.8 Å². The van der Waals surface area contributed by atoms with Crippen LogP contribution in [0.25, 0.3) is 11.5 Å². The number of carbonyl (C=O) groups is 1. The normalized spacial score (nSPS) is 12.0. The van der Waals surface area contributed by atoms with Crippen LogP contribution in [0.2, 0.25) is 0 Å². The van der Waals surface area contributed by atoms with Crippen molar-refractivity contribution in [3.8, 4) is 17.2 Å². The standard InChI is InChI=1S/C17H22N2O4S/c1-4-9-18-16(20)11-24(21)10-15-12(2)23-17(19-15)13-5-7-14(22-3)8-6-13/h5-8H,4,9-11H2,1-3H3,(H,18,20)/t24-/m1/s1. The van der Waals surface area contributed by atoms with Crippen LogP contribution in [0.4, 0.5) is 0 Å². The lowest BCUT2D eigenvalue weighted by Crippen LogP contribution is -2.29. The molecule has 0 aliphatic heterocycles. The Bertz CT molecular complexity index is 710. The second kappa shape index (κ2) is 8.63. The summed E-state index contributed by atoms with van der Waals surface area (Å²) in [5, 5.41) is 2.72. The molecule has 0 fully saturated rings. The Labute approximate surface area is 144 Å². The Morgan fingerprint density at radius 3 is 2.67 bits per heavy atom. The molecular weight excluding hydrogens is 328 g/mol. The number of nitrogens with one attached hydrogen (secondary N) is 1. The minimum atomic E-state index is -1.32. The fraction of sp³-hybridized carbons (Fsp3) is 0.412. The van der Waals surface area contributed by atoms with E-state index in [9.17, 15) is 9.00 Å². The minimum absolute atomic E-state index is 0.0236. The van der Waals surface area contributed by atoms with Crippen molar-refractivity contribution < 1.29 is 18.2 Å². The predicted molar refractivity (Wildman–Crippen MR) is 93.2 cm³/mol. The zero-order valence-corrected chi connectivity index (χ0v) is 14.9. The maximum Gasteiger partial charge on any atom is 0.232 e. The first-order valence-corrected chi connectivity index (χ1v) is 9.24. The highest BCUT2D eigenvalue weighted by Gasteiger charge is 2.16. The molecule has 2 aromatic rings. The molecule has 7 heteroatoms. The summed E-state index contributed by atoms with van der Waals surface area (Å²) in [6, 6.07) is 7.35. The Morgan fingerprint density at radius 1 is 1.33 bits per heavy atom. The molecule has 1 N–H and O–H groups in total. The van der Waals surface area contributed by atoms with E-state index in [1.807, 2.05) is 31.2 Å². The van der Waals surface area contributed by atoms with E-state index < -0.39 is 10.8 Å². The van der Waals surface area contributed by atoms with E-state index in [1.165, 1.54) is 0 Å². The lowest BCUT2D eigenvalue weighted by molar-refractivity contribution is -0.118. The highest BCUT2D eigenvalue weighted by molar-refractivity contribution is 7.84. The third-order valence-corrected chi connectivity index (χ3v) is 4.57. The minimum Gasteiger partial charge on any atom is -0.497 e. The van der Waals surface area contributed by atoms with Gasteiger partial charge in [-0.2, -0.15) is 0 Å². The molecule has 130 valence electrons. The van der Waals surface area contributed by atoms with Crippen LogP contribution in [-0.4, -0.2) is 34.5 Å². The summed E-state index contributed by atoms with van der Waals surface area (Å²) in [7, 11) is 0.288. The summed E-state index contributed by atoms with van der Waals surface area (Å²) >= 11 is 0. The van der Waals surface area contributed by atoms with Gasteiger partial charge in [0.1, 0.15) is 17.3 Å². The van der Waals surface area contributed by atoms with Crippen LogP contribution in [0.15, 0.2) is 28.7 Å². The summed E-state index contributed by atoms with van der Waals surface area (Å²) in [5.74, 6) is 1.81. The van der Waals surface area contributed by atoms with Crippen LogP contribution < -0.4 is 10.1 Å². The van der Waals surface area contributed by atoms with Gasteiger partial charge >= 0.3 is 0 Å². The van der Waals surface area contributed by atoms with Gasteiger partial charge in [0.05, 0.1) is 18.6 Å². The van der Waals surface area contributed by atoms with Crippen molar-refractivity contribution in [3.63, 3.8) is 0 Å². The molecule has 24 heavy (non-hydrogen) atoms. The number of nitrogens with zero attached hydrogens (tertiary/aromatic N) is 1. The van der Waals surface area contributed by atoms with E-state index >= 15 is 0 Å². The molecule has 0 bridgehead atoms. The number of aryl methyl sites for hydroxylation is 1. The van der Waals surface area contributed by atoms with Gasteiger partial charge in [-0.15, -0.1) is 0 Å². The topological polar surface area (TPSA) is 81.4 Å². The average molecular weight is 350 g/mol. The van der Waals surface area contributed by atoms with Gasteiger partial charge in [0, 0.05) is 22.9 Å². The molecule has 0 saturated heterocycles. The third-order valence-electron chi connectivity index (χ3n) is 3.39. The van der Waals surface area contributed by atoms with Gasteiger partial charge in [-0.05, 0) is 37.6 Å². The first-order chi connectivity index (χ1) is 11.5. The van der Waals surface area contributed by atoms with E-state index in [0.29, 0.717) is 23.9 Å². The van der Waals surface area contributed by atoms with E-state index in [4.69, 9.17) is 9.15 Å². The lowest BCUT2D eigenvalue weighted by atomic mass is 10.2. The Balaban J connectivity index is 2.02. The van der Waals surface area contributed by atoms with Crippen molar-refractivity contribution in [2.24, 2.45) is 0 Å². The third kappa shape index (κ3) is 4.92. The highest BCUT2D eigenvalue weighted by Crippen LogP contribution is 2.24. The van der Waals surface area contributed by atoms with Crippen LogP contribution in [0, 0.1) is 6.92 Å². The van der Waals surface area contributed by atoms with E-state index in [0.717, 1.165) is 17.7 Å². The first kappa shape index (κ1) is 18.2. The van der Waals surface area contributed by atoms with Crippen LogP contribution in [0.1, 0.15) is 24.8 Å². The molecule has 6 nitrogen and oxygen atoms in total. The van der Waals surface area contributed by atoms with Crippen LogP contribution >= 0.6 is 0 Å². The fourth-order valence-corrected chi connectivity index (χ4v) is 3.15. The van der Waals surface area contributed by atoms with Crippen molar-refractivity contribution >= 4 is 16.7 Å². The highest BCUT2D eigenvalue weighted by atomic mass is 32.2. The molecule has 0 spiro atoms.